The first-order valence-corrected chi connectivity index (χ1v) is 8.84. The molecular formula is C19H31IN6. The number of guanidine groups is 1. The predicted molar refractivity (Wildman–Crippen MR) is 118 cm³/mol. The van der Waals surface area contributed by atoms with Crippen LogP contribution in [-0.2, 0) is 18.4 Å². The van der Waals surface area contributed by atoms with Crippen molar-refractivity contribution in [3.8, 4) is 0 Å². The van der Waals surface area contributed by atoms with E-state index in [2.05, 4.69) is 82.4 Å². The van der Waals surface area contributed by atoms with Gasteiger partial charge in [0, 0.05) is 38.5 Å². The van der Waals surface area contributed by atoms with E-state index < -0.39 is 0 Å². The Morgan fingerprint density at radius 2 is 2.04 bits per heavy atom. The maximum atomic E-state index is 4.32. The average molecular weight is 470 g/mol. The van der Waals surface area contributed by atoms with Crippen molar-refractivity contribution in [2.45, 2.75) is 46.1 Å². The van der Waals surface area contributed by atoms with E-state index in [0.29, 0.717) is 0 Å². The van der Waals surface area contributed by atoms with Crippen LogP contribution in [0.25, 0.3) is 0 Å². The molecule has 0 bridgehead atoms. The van der Waals surface area contributed by atoms with E-state index in [1.54, 1.807) is 13.4 Å². The summed E-state index contributed by atoms with van der Waals surface area (Å²) in [6, 6.07) is 8.67. The summed E-state index contributed by atoms with van der Waals surface area (Å²) < 4.78 is 2.07. The van der Waals surface area contributed by atoms with E-state index in [0.717, 1.165) is 37.8 Å². The lowest BCUT2D eigenvalue weighted by Crippen LogP contribution is -2.44. The lowest BCUT2D eigenvalue weighted by Gasteiger charge is -2.27. The first-order chi connectivity index (χ1) is 12.0. The van der Waals surface area contributed by atoms with Gasteiger partial charge in [-0.3, -0.25) is 4.99 Å². The van der Waals surface area contributed by atoms with Crippen LogP contribution >= 0.6 is 24.0 Å². The number of rotatable bonds is 7. The smallest absolute Gasteiger partial charge is 0.191 e. The first-order valence-electron chi connectivity index (χ1n) is 8.84. The second-order valence-electron chi connectivity index (χ2n) is 6.90. The van der Waals surface area contributed by atoms with E-state index in [-0.39, 0.29) is 29.4 Å². The number of nitrogens with zero attached hydrogens (tertiary/aromatic N) is 4. The Hall–Kier alpha value is -1.64. The second-order valence-corrected chi connectivity index (χ2v) is 6.90. The fourth-order valence-corrected chi connectivity index (χ4v) is 2.73. The quantitative estimate of drug-likeness (QED) is 0.371. The molecule has 0 spiro atoms. The Kier molecular flexibility index (Phi) is 9.04. The van der Waals surface area contributed by atoms with E-state index in [4.69, 9.17) is 0 Å². The minimum absolute atomic E-state index is 0. The number of benzene rings is 1. The van der Waals surface area contributed by atoms with E-state index in [1.807, 2.05) is 0 Å². The SMILES string of the molecule is CCc1nncn1CCNC(=NC)NCC(C)(C)c1cccc(C)c1.I. The molecule has 0 saturated heterocycles. The summed E-state index contributed by atoms with van der Waals surface area (Å²) in [5.41, 5.74) is 2.63. The zero-order valence-corrected chi connectivity index (χ0v) is 18.7. The van der Waals surface area contributed by atoms with Gasteiger partial charge in [0.15, 0.2) is 5.96 Å². The van der Waals surface area contributed by atoms with Gasteiger partial charge in [-0.1, -0.05) is 50.6 Å². The van der Waals surface area contributed by atoms with Crippen molar-refractivity contribution < 1.29 is 0 Å². The summed E-state index contributed by atoms with van der Waals surface area (Å²) in [6.07, 6.45) is 2.66. The molecule has 2 aromatic rings. The van der Waals surface area contributed by atoms with Crippen LogP contribution in [0, 0.1) is 6.92 Å². The summed E-state index contributed by atoms with van der Waals surface area (Å²) in [5, 5.41) is 14.9. The number of hydrogen-bond acceptors (Lipinski definition) is 3. The minimum atomic E-state index is 0. The van der Waals surface area contributed by atoms with Gasteiger partial charge in [0.1, 0.15) is 12.2 Å². The molecule has 0 aliphatic carbocycles. The first kappa shape index (κ1) is 22.4. The predicted octanol–water partition coefficient (Wildman–Crippen LogP) is 2.91. The van der Waals surface area contributed by atoms with Gasteiger partial charge in [0.25, 0.3) is 0 Å². The third-order valence-electron chi connectivity index (χ3n) is 4.38. The van der Waals surface area contributed by atoms with Gasteiger partial charge in [-0.15, -0.1) is 34.2 Å². The van der Waals surface area contributed by atoms with Crippen molar-refractivity contribution in [1.82, 2.24) is 25.4 Å². The zero-order valence-electron chi connectivity index (χ0n) is 16.4. The molecule has 0 radical (unpaired) electrons. The summed E-state index contributed by atoms with van der Waals surface area (Å²) >= 11 is 0. The zero-order chi connectivity index (χ0) is 18.3. The van der Waals surface area contributed by atoms with Crippen LogP contribution in [0.4, 0.5) is 0 Å². The summed E-state index contributed by atoms with van der Waals surface area (Å²) in [5.74, 6) is 1.82. The highest BCUT2D eigenvalue weighted by Gasteiger charge is 2.21. The van der Waals surface area contributed by atoms with Crippen LogP contribution < -0.4 is 10.6 Å². The van der Waals surface area contributed by atoms with Crippen molar-refractivity contribution in [2.75, 3.05) is 20.1 Å². The average Bonchev–Trinajstić information content (AvgIpc) is 3.05. The number of aromatic nitrogens is 3. The third-order valence-corrected chi connectivity index (χ3v) is 4.38. The van der Waals surface area contributed by atoms with Gasteiger partial charge in [-0.05, 0) is 12.5 Å². The number of aliphatic imine (C=N–C) groups is 1. The molecule has 2 N–H and O–H groups in total. The van der Waals surface area contributed by atoms with Gasteiger partial charge < -0.3 is 15.2 Å². The van der Waals surface area contributed by atoms with Gasteiger partial charge in [-0.25, -0.2) is 0 Å². The summed E-state index contributed by atoms with van der Waals surface area (Å²) in [7, 11) is 1.80. The Labute approximate surface area is 173 Å². The number of hydrogen-bond donors (Lipinski definition) is 2. The molecule has 1 aromatic heterocycles. The lowest BCUT2D eigenvalue weighted by atomic mass is 9.84. The molecule has 0 fully saturated rings. The van der Waals surface area contributed by atoms with E-state index >= 15 is 0 Å². The highest BCUT2D eigenvalue weighted by molar-refractivity contribution is 14.0. The Morgan fingerprint density at radius 3 is 2.69 bits per heavy atom. The molecule has 6 nitrogen and oxygen atoms in total. The lowest BCUT2D eigenvalue weighted by molar-refractivity contribution is 0.507. The van der Waals surface area contributed by atoms with Crippen molar-refractivity contribution in [2.24, 2.45) is 4.99 Å². The Morgan fingerprint density at radius 1 is 1.27 bits per heavy atom. The minimum Gasteiger partial charge on any atom is -0.356 e. The normalized spacial score (nSPS) is 11.8. The van der Waals surface area contributed by atoms with Crippen molar-refractivity contribution in [3.63, 3.8) is 0 Å². The Balaban J connectivity index is 0.00000338. The van der Waals surface area contributed by atoms with Crippen LogP contribution in [0.5, 0.6) is 0 Å². The maximum absolute atomic E-state index is 4.32. The summed E-state index contributed by atoms with van der Waals surface area (Å²) in [6.45, 7) is 11.1. The van der Waals surface area contributed by atoms with Crippen LogP contribution in [0.1, 0.15) is 37.7 Å². The molecule has 1 heterocycles. The molecule has 144 valence electrons. The molecule has 7 heteroatoms. The third kappa shape index (κ3) is 6.26. The van der Waals surface area contributed by atoms with Gasteiger partial charge in [0.2, 0.25) is 0 Å². The molecule has 2 rings (SSSR count). The Bertz CT molecular complexity index is 708. The van der Waals surface area contributed by atoms with Crippen molar-refractivity contribution in [1.29, 1.82) is 0 Å². The fourth-order valence-electron chi connectivity index (χ4n) is 2.73. The topological polar surface area (TPSA) is 67.1 Å². The number of nitrogens with one attached hydrogen (secondary N) is 2. The van der Waals surface area contributed by atoms with Crippen molar-refractivity contribution in [3.05, 3.63) is 47.5 Å². The molecular weight excluding hydrogens is 439 g/mol. The number of aryl methyl sites for hydroxylation is 2. The van der Waals surface area contributed by atoms with Gasteiger partial charge in [0.05, 0.1) is 0 Å². The fraction of sp³-hybridized carbons (Fsp3) is 0.526. The van der Waals surface area contributed by atoms with Crippen LogP contribution in [0.3, 0.4) is 0 Å². The largest absolute Gasteiger partial charge is 0.356 e. The molecule has 1 aromatic carbocycles. The van der Waals surface area contributed by atoms with Crippen LogP contribution in [0.15, 0.2) is 35.6 Å². The molecule has 26 heavy (non-hydrogen) atoms. The highest BCUT2D eigenvalue weighted by Crippen LogP contribution is 2.22. The van der Waals surface area contributed by atoms with Gasteiger partial charge in [-0.2, -0.15) is 0 Å². The van der Waals surface area contributed by atoms with Crippen molar-refractivity contribution >= 4 is 29.9 Å². The van der Waals surface area contributed by atoms with Gasteiger partial charge >= 0.3 is 0 Å². The van der Waals surface area contributed by atoms with E-state index in [1.165, 1.54) is 11.1 Å². The number of halogens is 1. The van der Waals surface area contributed by atoms with E-state index in [9.17, 15) is 0 Å². The second kappa shape index (κ2) is 10.5. The maximum Gasteiger partial charge on any atom is 0.191 e. The molecule has 0 amide bonds. The molecule has 0 saturated carbocycles. The molecule has 0 atom stereocenters. The van der Waals surface area contributed by atoms with Crippen LogP contribution in [-0.4, -0.2) is 40.9 Å². The standard InChI is InChI=1S/C19H30N6.HI/c1-6-17-24-23-14-25(17)11-10-21-18(20-5)22-13-19(3,4)16-9-7-8-15(2)12-16;/h7-9,12,14H,6,10-11,13H2,1-5H3,(H2,20,21,22);1H. The molecule has 0 aliphatic rings. The summed E-state index contributed by atoms with van der Waals surface area (Å²) in [4.78, 5) is 4.32. The monoisotopic (exact) mass is 470 g/mol. The molecule has 0 unspecified atom stereocenters. The van der Waals surface area contributed by atoms with Crippen LogP contribution in [0.2, 0.25) is 0 Å². The highest BCUT2D eigenvalue weighted by atomic mass is 127. The molecule has 0 aliphatic heterocycles.